The second-order valence-electron chi connectivity index (χ2n) is 5.77. The lowest BCUT2D eigenvalue weighted by atomic mass is 10.1. The van der Waals surface area contributed by atoms with Crippen LogP contribution in [0.25, 0.3) is 11.3 Å². The zero-order valence-electron chi connectivity index (χ0n) is 14.6. The molecule has 0 radical (unpaired) electrons. The zero-order chi connectivity index (χ0) is 18.5. The Morgan fingerprint density at radius 3 is 2.50 bits per heavy atom. The summed E-state index contributed by atoms with van der Waals surface area (Å²) in [6.45, 7) is 4.05. The molecule has 1 aromatic heterocycles. The highest BCUT2D eigenvalue weighted by atomic mass is 79.9. The van der Waals surface area contributed by atoms with Gasteiger partial charge in [0, 0.05) is 14.9 Å². The molecular weight excluding hydrogens is 412 g/mol. The van der Waals surface area contributed by atoms with Crippen molar-refractivity contribution in [3.8, 4) is 17.0 Å². The van der Waals surface area contributed by atoms with E-state index < -0.39 is 0 Å². The molecule has 1 heterocycles. The zero-order valence-corrected chi connectivity index (χ0v) is 17.0. The minimum absolute atomic E-state index is 0.0439. The topological polar surface area (TPSA) is 51.2 Å². The third kappa shape index (κ3) is 4.71. The Labute approximate surface area is 165 Å². The lowest BCUT2D eigenvalue weighted by Gasteiger charge is -2.06. The third-order valence-corrected chi connectivity index (χ3v) is 5.28. The average Bonchev–Trinajstić information content (AvgIpc) is 3.01. The van der Waals surface area contributed by atoms with Crippen LogP contribution in [0.3, 0.4) is 0 Å². The van der Waals surface area contributed by atoms with Crippen molar-refractivity contribution in [3.05, 3.63) is 63.4 Å². The number of halogens is 1. The van der Waals surface area contributed by atoms with E-state index in [1.807, 2.05) is 55.5 Å². The quantitative estimate of drug-likeness (QED) is 0.564. The fourth-order valence-electron chi connectivity index (χ4n) is 2.45. The molecule has 4 nitrogen and oxygen atoms in total. The molecule has 0 unspecified atom stereocenters. The number of hydrogen-bond donors (Lipinski definition) is 1. The highest BCUT2D eigenvalue weighted by molar-refractivity contribution is 9.10. The van der Waals surface area contributed by atoms with Gasteiger partial charge in [-0.25, -0.2) is 4.98 Å². The van der Waals surface area contributed by atoms with Gasteiger partial charge in [0.2, 0.25) is 0 Å². The van der Waals surface area contributed by atoms with E-state index in [0.717, 1.165) is 27.0 Å². The number of carbonyl (C=O) groups is 1. The Hall–Kier alpha value is -2.18. The number of ether oxygens (including phenoxy) is 1. The molecule has 134 valence electrons. The summed E-state index contributed by atoms with van der Waals surface area (Å²) < 4.78 is 6.55. The first-order valence-electron chi connectivity index (χ1n) is 8.30. The standard InChI is InChI=1S/C20H19BrN2O2S/c1-3-14-4-10-17(11-5-14)25-12-18(24)22-20-23-19(13(2)26-20)15-6-8-16(21)9-7-15/h4-11H,3,12H2,1-2H3,(H,22,23,24). The molecule has 1 N–H and O–H groups in total. The number of rotatable bonds is 6. The lowest BCUT2D eigenvalue weighted by Crippen LogP contribution is -2.20. The van der Waals surface area contributed by atoms with Crippen LogP contribution in [-0.2, 0) is 11.2 Å². The van der Waals surface area contributed by atoms with Crippen molar-refractivity contribution in [3.63, 3.8) is 0 Å². The van der Waals surface area contributed by atoms with Crippen LogP contribution in [0.4, 0.5) is 5.13 Å². The van der Waals surface area contributed by atoms with E-state index in [1.165, 1.54) is 16.9 Å². The molecule has 6 heteroatoms. The summed E-state index contributed by atoms with van der Waals surface area (Å²) in [5.74, 6) is 0.462. The first-order chi connectivity index (χ1) is 12.5. The van der Waals surface area contributed by atoms with Crippen molar-refractivity contribution in [1.29, 1.82) is 0 Å². The van der Waals surface area contributed by atoms with Crippen LogP contribution in [0.2, 0.25) is 0 Å². The van der Waals surface area contributed by atoms with Gasteiger partial charge >= 0.3 is 0 Å². The van der Waals surface area contributed by atoms with E-state index in [0.29, 0.717) is 10.9 Å². The summed E-state index contributed by atoms with van der Waals surface area (Å²) in [5, 5.41) is 3.39. The molecule has 0 saturated heterocycles. The number of thiazole rings is 1. The summed E-state index contributed by atoms with van der Waals surface area (Å²) >= 11 is 4.89. The van der Waals surface area contributed by atoms with Crippen LogP contribution in [0.5, 0.6) is 5.75 Å². The number of aromatic nitrogens is 1. The number of aryl methyl sites for hydroxylation is 2. The maximum Gasteiger partial charge on any atom is 0.264 e. The summed E-state index contributed by atoms with van der Waals surface area (Å²) in [4.78, 5) is 17.7. The van der Waals surface area contributed by atoms with E-state index >= 15 is 0 Å². The van der Waals surface area contributed by atoms with Crippen molar-refractivity contribution < 1.29 is 9.53 Å². The average molecular weight is 431 g/mol. The van der Waals surface area contributed by atoms with Crippen molar-refractivity contribution >= 4 is 38.3 Å². The molecule has 0 spiro atoms. The second-order valence-corrected chi connectivity index (χ2v) is 7.88. The normalized spacial score (nSPS) is 10.6. The monoisotopic (exact) mass is 430 g/mol. The molecule has 2 aromatic carbocycles. The molecular formula is C20H19BrN2O2S. The van der Waals surface area contributed by atoms with Gasteiger partial charge in [0.1, 0.15) is 5.75 Å². The summed E-state index contributed by atoms with van der Waals surface area (Å²) in [5.41, 5.74) is 3.14. The number of amides is 1. The first-order valence-corrected chi connectivity index (χ1v) is 9.91. The van der Waals surface area contributed by atoms with Gasteiger partial charge in [-0.1, -0.05) is 47.1 Å². The van der Waals surface area contributed by atoms with E-state index in [1.54, 1.807) is 0 Å². The molecule has 26 heavy (non-hydrogen) atoms. The molecule has 0 bridgehead atoms. The van der Waals surface area contributed by atoms with Crippen LogP contribution in [-0.4, -0.2) is 17.5 Å². The van der Waals surface area contributed by atoms with Crippen LogP contribution in [0, 0.1) is 6.92 Å². The van der Waals surface area contributed by atoms with Gasteiger partial charge in [-0.2, -0.15) is 0 Å². The number of nitrogens with one attached hydrogen (secondary N) is 1. The SMILES string of the molecule is CCc1ccc(OCC(=O)Nc2nc(-c3ccc(Br)cc3)c(C)s2)cc1. The van der Waals surface area contributed by atoms with E-state index in [2.05, 4.69) is 33.2 Å². The minimum atomic E-state index is -0.222. The Morgan fingerprint density at radius 1 is 1.15 bits per heavy atom. The Kier molecular flexibility index (Phi) is 6.06. The van der Waals surface area contributed by atoms with Crippen molar-refractivity contribution in [1.82, 2.24) is 4.98 Å². The molecule has 3 aromatic rings. The predicted molar refractivity (Wildman–Crippen MR) is 110 cm³/mol. The molecule has 1 amide bonds. The maximum absolute atomic E-state index is 12.1. The number of hydrogen-bond acceptors (Lipinski definition) is 4. The molecule has 3 rings (SSSR count). The van der Waals surface area contributed by atoms with Crippen molar-refractivity contribution in [2.45, 2.75) is 20.3 Å². The first kappa shape index (κ1) is 18.6. The molecule has 0 aliphatic carbocycles. The van der Waals surface area contributed by atoms with Gasteiger partial charge in [0.15, 0.2) is 11.7 Å². The van der Waals surface area contributed by atoms with Gasteiger partial charge in [-0.15, -0.1) is 11.3 Å². The number of carbonyl (C=O) groups excluding carboxylic acids is 1. The predicted octanol–water partition coefficient (Wildman–Crippen LogP) is 5.46. The highest BCUT2D eigenvalue weighted by Gasteiger charge is 2.12. The fourth-order valence-corrected chi connectivity index (χ4v) is 3.57. The summed E-state index contributed by atoms with van der Waals surface area (Å²) in [7, 11) is 0. The third-order valence-electron chi connectivity index (χ3n) is 3.86. The molecule has 0 aliphatic rings. The maximum atomic E-state index is 12.1. The highest BCUT2D eigenvalue weighted by Crippen LogP contribution is 2.31. The number of nitrogens with zero attached hydrogens (tertiary/aromatic N) is 1. The number of benzene rings is 2. The van der Waals surface area contributed by atoms with Gasteiger partial charge in [-0.3, -0.25) is 10.1 Å². The summed E-state index contributed by atoms with van der Waals surface area (Å²) in [6, 6.07) is 15.7. The number of anilines is 1. The van der Waals surface area contributed by atoms with Gasteiger partial charge < -0.3 is 4.74 Å². The largest absolute Gasteiger partial charge is 0.484 e. The van der Waals surface area contributed by atoms with Crippen LogP contribution < -0.4 is 10.1 Å². The van der Waals surface area contributed by atoms with Gasteiger partial charge in [0.25, 0.3) is 5.91 Å². The summed E-state index contributed by atoms with van der Waals surface area (Å²) in [6.07, 6.45) is 0.977. The lowest BCUT2D eigenvalue weighted by molar-refractivity contribution is -0.118. The van der Waals surface area contributed by atoms with E-state index in [4.69, 9.17) is 4.74 Å². The van der Waals surface area contributed by atoms with Crippen LogP contribution >= 0.6 is 27.3 Å². The fraction of sp³-hybridized carbons (Fsp3) is 0.200. The van der Waals surface area contributed by atoms with Crippen LogP contribution in [0.15, 0.2) is 53.0 Å². The van der Waals surface area contributed by atoms with E-state index in [-0.39, 0.29) is 12.5 Å². The molecule has 0 atom stereocenters. The Morgan fingerprint density at radius 2 is 1.85 bits per heavy atom. The molecule has 0 aliphatic heterocycles. The second kappa shape index (κ2) is 8.47. The molecule has 0 fully saturated rings. The van der Waals surface area contributed by atoms with E-state index in [9.17, 15) is 4.79 Å². The Bertz CT molecular complexity index is 889. The van der Waals surface area contributed by atoms with Crippen LogP contribution in [0.1, 0.15) is 17.4 Å². The smallest absolute Gasteiger partial charge is 0.264 e. The van der Waals surface area contributed by atoms with Crippen molar-refractivity contribution in [2.24, 2.45) is 0 Å². The molecule has 0 saturated carbocycles. The van der Waals surface area contributed by atoms with Gasteiger partial charge in [-0.05, 0) is 43.2 Å². The van der Waals surface area contributed by atoms with Crippen molar-refractivity contribution in [2.75, 3.05) is 11.9 Å². The Balaban J connectivity index is 1.60. The van der Waals surface area contributed by atoms with Gasteiger partial charge in [0.05, 0.1) is 5.69 Å². The minimum Gasteiger partial charge on any atom is -0.484 e.